The topological polar surface area (TPSA) is 82.9 Å². The zero-order chi connectivity index (χ0) is 18.2. The molecule has 0 spiro atoms. The summed E-state index contributed by atoms with van der Waals surface area (Å²) in [6.45, 7) is 8.34. The SMILES string of the molecule is Cc1ccc(CCCN(CCCO)C(=O)OC(C)(C)C)c(CO)n1. The molecule has 0 saturated heterocycles. The zero-order valence-corrected chi connectivity index (χ0v) is 15.2. The van der Waals surface area contributed by atoms with E-state index in [0.717, 1.165) is 24.1 Å². The van der Waals surface area contributed by atoms with Gasteiger partial charge in [-0.15, -0.1) is 0 Å². The number of aromatic nitrogens is 1. The number of hydrogen-bond donors (Lipinski definition) is 2. The van der Waals surface area contributed by atoms with Crippen molar-refractivity contribution in [2.24, 2.45) is 0 Å². The minimum Gasteiger partial charge on any atom is -0.444 e. The van der Waals surface area contributed by atoms with E-state index < -0.39 is 5.60 Å². The van der Waals surface area contributed by atoms with Crippen molar-refractivity contribution in [3.8, 4) is 0 Å². The fourth-order valence-corrected chi connectivity index (χ4v) is 2.35. The predicted octanol–water partition coefficient (Wildman–Crippen LogP) is 2.43. The molecule has 1 amide bonds. The van der Waals surface area contributed by atoms with Gasteiger partial charge in [-0.25, -0.2) is 4.79 Å². The Morgan fingerprint density at radius 3 is 2.46 bits per heavy atom. The lowest BCUT2D eigenvalue weighted by atomic mass is 10.1. The Balaban J connectivity index is 2.63. The van der Waals surface area contributed by atoms with E-state index in [4.69, 9.17) is 9.84 Å². The quantitative estimate of drug-likeness (QED) is 0.761. The molecule has 136 valence electrons. The van der Waals surface area contributed by atoms with Crippen LogP contribution in [0.25, 0.3) is 0 Å². The molecule has 0 aliphatic heterocycles. The van der Waals surface area contributed by atoms with Crippen molar-refractivity contribution in [1.29, 1.82) is 0 Å². The number of aliphatic hydroxyl groups is 2. The predicted molar refractivity (Wildman–Crippen MR) is 92.7 cm³/mol. The van der Waals surface area contributed by atoms with Gasteiger partial charge in [0.05, 0.1) is 12.3 Å². The van der Waals surface area contributed by atoms with E-state index in [-0.39, 0.29) is 19.3 Å². The van der Waals surface area contributed by atoms with Crippen molar-refractivity contribution in [3.05, 3.63) is 29.1 Å². The van der Waals surface area contributed by atoms with Gasteiger partial charge in [0.2, 0.25) is 0 Å². The van der Waals surface area contributed by atoms with Crippen LogP contribution in [0.4, 0.5) is 4.79 Å². The molecule has 2 N–H and O–H groups in total. The molecule has 1 aromatic heterocycles. The highest BCUT2D eigenvalue weighted by Crippen LogP contribution is 2.13. The van der Waals surface area contributed by atoms with Crippen molar-refractivity contribution in [3.63, 3.8) is 0 Å². The van der Waals surface area contributed by atoms with Crippen LogP contribution < -0.4 is 0 Å². The third-order valence-corrected chi connectivity index (χ3v) is 3.47. The summed E-state index contributed by atoms with van der Waals surface area (Å²) in [4.78, 5) is 18.2. The molecule has 0 fully saturated rings. The third kappa shape index (κ3) is 7.27. The van der Waals surface area contributed by atoms with Crippen LogP contribution in [0.2, 0.25) is 0 Å². The third-order valence-electron chi connectivity index (χ3n) is 3.47. The van der Waals surface area contributed by atoms with E-state index in [1.807, 2.05) is 39.8 Å². The minimum absolute atomic E-state index is 0.0375. The molecule has 0 aromatic carbocycles. The van der Waals surface area contributed by atoms with Gasteiger partial charge >= 0.3 is 6.09 Å². The maximum absolute atomic E-state index is 12.2. The lowest BCUT2D eigenvalue weighted by Gasteiger charge is -2.27. The van der Waals surface area contributed by atoms with E-state index >= 15 is 0 Å². The fourth-order valence-electron chi connectivity index (χ4n) is 2.35. The minimum atomic E-state index is -0.542. The van der Waals surface area contributed by atoms with Gasteiger partial charge in [0.25, 0.3) is 0 Å². The molecule has 0 atom stereocenters. The van der Waals surface area contributed by atoms with E-state index in [2.05, 4.69) is 4.98 Å². The molecule has 0 saturated carbocycles. The normalized spacial score (nSPS) is 11.4. The highest BCUT2D eigenvalue weighted by Gasteiger charge is 2.21. The highest BCUT2D eigenvalue weighted by atomic mass is 16.6. The smallest absolute Gasteiger partial charge is 0.410 e. The summed E-state index contributed by atoms with van der Waals surface area (Å²) in [7, 11) is 0. The number of ether oxygens (including phenoxy) is 1. The molecule has 1 heterocycles. The summed E-state index contributed by atoms with van der Waals surface area (Å²) in [6, 6.07) is 3.89. The number of nitrogens with zero attached hydrogens (tertiary/aromatic N) is 2. The summed E-state index contributed by atoms with van der Waals surface area (Å²) in [6.07, 6.45) is 1.62. The first kappa shape index (κ1) is 20.4. The molecule has 6 heteroatoms. The van der Waals surface area contributed by atoms with Crippen LogP contribution in [0.1, 0.15) is 50.6 Å². The van der Waals surface area contributed by atoms with Gasteiger partial charge in [0, 0.05) is 25.4 Å². The van der Waals surface area contributed by atoms with Crippen molar-refractivity contribution in [2.45, 2.75) is 59.2 Å². The number of hydrogen-bond acceptors (Lipinski definition) is 5. The molecule has 24 heavy (non-hydrogen) atoms. The molecule has 6 nitrogen and oxygen atoms in total. The van der Waals surface area contributed by atoms with Crippen LogP contribution in [0.3, 0.4) is 0 Å². The van der Waals surface area contributed by atoms with Gasteiger partial charge in [-0.2, -0.15) is 0 Å². The lowest BCUT2D eigenvalue weighted by Crippen LogP contribution is -2.38. The Morgan fingerprint density at radius 1 is 1.21 bits per heavy atom. The maximum Gasteiger partial charge on any atom is 0.410 e. The molecular formula is C18H30N2O4. The average molecular weight is 338 g/mol. The lowest BCUT2D eigenvalue weighted by molar-refractivity contribution is 0.0238. The first-order valence-corrected chi connectivity index (χ1v) is 8.42. The number of carbonyl (C=O) groups is 1. The van der Waals surface area contributed by atoms with E-state index in [1.54, 1.807) is 4.90 Å². The second-order valence-corrected chi connectivity index (χ2v) is 6.86. The number of aliphatic hydroxyl groups excluding tert-OH is 2. The van der Waals surface area contributed by atoms with Crippen LogP contribution >= 0.6 is 0 Å². The zero-order valence-electron chi connectivity index (χ0n) is 15.2. The molecule has 0 aliphatic rings. The first-order chi connectivity index (χ1) is 11.3. The molecule has 0 bridgehead atoms. The Labute approximate surface area is 144 Å². The number of pyridine rings is 1. The molecular weight excluding hydrogens is 308 g/mol. The van der Waals surface area contributed by atoms with E-state index in [1.165, 1.54) is 0 Å². The van der Waals surface area contributed by atoms with Crippen LogP contribution in [0.15, 0.2) is 12.1 Å². The van der Waals surface area contributed by atoms with E-state index in [0.29, 0.717) is 25.2 Å². The first-order valence-electron chi connectivity index (χ1n) is 8.42. The van der Waals surface area contributed by atoms with Crippen molar-refractivity contribution >= 4 is 6.09 Å². The molecule has 1 aromatic rings. The van der Waals surface area contributed by atoms with Gasteiger partial charge in [0.15, 0.2) is 0 Å². The summed E-state index contributed by atoms with van der Waals surface area (Å²) in [5.41, 5.74) is 2.02. The summed E-state index contributed by atoms with van der Waals surface area (Å²) in [5.74, 6) is 0. The van der Waals surface area contributed by atoms with Gasteiger partial charge in [-0.3, -0.25) is 4.98 Å². The van der Waals surface area contributed by atoms with Gasteiger partial charge in [0.1, 0.15) is 5.60 Å². The summed E-state index contributed by atoms with van der Waals surface area (Å²) < 4.78 is 5.41. The molecule has 0 unspecified atom stereocenters. The number of aryl methyl sites for hydroxylation is 2. The van der Waals surface area contributed by atoms with Crippen molar-refractivity contribution in [2.75, 3.05) is 19.7 Å². The fraction of sp³-hybridized carbons (Fsp3) is 0.667. The van der Waals surface area contributed by atoms with E-state index in [9.17, 15) is 9.90 Å². The second-order valence-electron chi connectivity index (χ2n) is 6.86. The van der Waals surface area contributed by atoms with Crippen LogP contribution in [0, 0.1) is 6.92 Å². The second kappa shape index (κ2) is 9.59. The standard InChI is InChI=1S/C18H30N2O4/c1-14-8-9-15(16(13-22)19-14)7-5-10-20(11-6-12-21)17(23)24-18(2,3)4/h8-9,21-22H,5-7,10-13H2,1-4H3. The highest BCUT2D eigenvalue weighted by molar-refractivity contribution is 5.68. The Bertz CT molecular complexity index is 526. The van der Waals surface area contributed by atoms with Crippen LogP contribution in [0.5, 0.6) is 0 Å². The summed E-state index contributed by atoms with van der Waals surface area (Å²) in [5, 5.41) is 18.4. The van der Waals surface area contributed by atoms with Gasteiger partial charge in [-0.05, 0) is 58.6 Å². The van der Waals surface area contributed by atoms with Crippen molar-refractivity contribution in [1.82, 2.24) is 9.88 Å². The van der Waals surface area contributed by atoms with Gasteiger partial charge < -0.3 is 19.8 Å². The Morgan fingerprint density at radius 2 is 1.88 bits per heavy atom. The monoisotopic (exact) mass is 338 g/mol. The van der Waals surface area contributed by atoms with Crippen LogP contribution in [-0.4, -0.2) is 51.5 Å². The summed E-state index contributed by atoms with van der Waals surface area (Å²) >= 11 is 0. The Kier molecular flexibility index (Phi) is 8.15. The van der Waals surface area contributed by atoms with Crippen LogP contribution in [-0.2, 0) is 17.8 Å². The number of amides is 1. The maximum atomic E-state index is 12.2. The molecule has 0 radical (unpaired) electrons. The Hall–Kier alpha value is -1.66. The molecule has 0 aliphatic carbocycles. The average Bonchev–Trinajstić information content (AvgIpc) is 2.49. The van der Waals surface area contributed by atoms with Gasteiger partial charge in [-0.1, -0.05) is 6.07 Å². The molecule has 1 rings (SSSR count). The number of rotatable bonds is 8. The largest absolute Gasteiger partial charge is 0.444 e. The number of carbonyl (C=O) groups excluding carboxylic acids is 1. The van der Waals surface area contributed by atoms with Crippen molar-refractivity contribution < 1.29 is 19.7 Å².